The number of benzene rings is 2. The van der Waals surface area contributed by atoms with E-state index in [9.17, 15) is 10.1 Å². The number of aromatic amines is 1. The van der Waals surface area contributed by atoms with Crippen molar-refractivity contribution < 1.29 is 9.82 Å². The third-order valence-electron chi connectivity index (χ3n) is 5.00. The van der Waals surface area contributed by atoms with E-state index in [-0.39, 0.29) is 10.6 Å². The van der Waals surface area contributed by atoms with Crippen LogP contribution in [0.15, 0.2) is 54.6 Å². The maximum atomic E-state index is 10.8. The molecule has 28 heavy (non-hydrogen) atoms. The molecule has 1 aromatic heterocycles. The zero-order chi connectivity index (χ0) is 19.5. The number of hydrogen-bond acceptors (Lipinski definition) is 5. The fourth-order valence-electron chi connectivity index (χ4n) is 3.44. The third-order valence-corrected chi connectivity index (χ3v) is 5.32. The minimum Gasteiger partial charge on any atom is -0.360 e. The summed E-state index contributed by atoms with van der Waals surface area (Å²) in [5.74, 6) is 0.787. The van der Waals surface area contributed by atoms with Crippen LogP contribution in [0, 0.1) is 14.9 Å². The van der Waals surface area contributed by atoms with Gasteiger partial charge in [0.15, 0.2) is 12.5 Å². The topological polar surface area (TPSA) is 84.4 Å². The van der Waals surface area contributed by atoms with Gasteiger partial charge in [-0.05, 0) is 24.4 Å². The lowest BCUT2D eigenvalue weighted by Gasteiger charge is -2.33. The second-order valence-corrected chi connectivity index (χ2v) is 7.18. The number of nitrogens with zero attached hydrogens (tertiary/aromatic N) is 4. The first-order chi connectivity index (χ1) is 13.6. The molecule has 8 nitrogen and oxygen atoms in total. The molecule has 0 amide bonds. The molecular weight excluding hydrogens is 376 g/mol. The van der Waals surface area contributed by atoms with E-state index >= 15 is 0 Å². The Hall–Kier alpha value is -3.04. The van der Waals surface area contributed by atoms with Crippen molar-refractivity contribution >= 4 is 23.6 Å². The molecule has 144 valence electrons. The van der Waals surface area contributed by atoms with Crippen LogP contribution < -0.4 is 9.80 Å². The number of hydrogen-bond donors (Lipinski definition) is 2. The Labute approximate surface area is 167 Å². The number of H-pyrrole nitrogens is 1. The minimum absolute atomic E-state index is 0.121. The zero-order valence-corrected chi connectivity index (χ0v) is 16.1. The molecule has 2 aromatic carbocycles. The normalized spacial score (nSPS) is 14.9. The highest BCUT2D eigenvalue weighted by molar-refractivity contribution is 7.71. The molecule has 0 atom stereocenters. The third kappa shape index (κ3) is 3.95. The SMILES string of the molecule is O=[N+]([O-])c1ccc(N2CC[NH+](Cn3[nH]c(-c4ccccc4)nc3=S)CC2)cc1. The number of nitro groups is 1. The maximum absolute atomic E-state index is 10.8. The minimum atomic E-state index is -0.371. The molecule has 1 aliphatic rings. The van der Waals surface area contributed by atoms with Crippen LogP contribution in [0.25, 0.3) is 11.4 Å². The average molecular weight is 397 g/mol. The predicted octanol–water partition coefficient (Wildman–Crippen LogP) is 1.88. The Morgan fingerprint density at radius 2 is 1.79 bits per heavy atom. The highest BCUT2D eigenvalue weighted by atomic mass is 32.1. The van der Waals surface area contributed by atoms with E-state index in [1.54, 1.807) is 12.1 Å². The molecule has 3 aromatic rings. The monoisotopic (exact) mass is 397 g/mol. The van der Waals surface area contributed by atoms with E-state index in [0.29, 0.717) is 4.77 Å². The van der Waals surface area contributed by atoms with E-state index in [0.717, 1.165) is 49.9 Å². The summed E-state index contributed by atoms with van der Waals surface area (Å²) in [5, 5.41) is 14.1. The molecule has 0 aliphatic carbocycles. The van der Waals surface area contributed by atoms with Crippen LogP contribution in [0.3, 0.4) is 0 Å². The second kappa shape index (κ2) is 7.91. The fraction of sp³-hybridized carbons (Fsp3) is 0.263. The molecule has 9 heteroatoms. The lowest BCUT2D eigenvalue weighted by Crippen LogP contribution is -3.14. The molecule has 0 spiro atoms. The van der Waals surface area contributed by atoms with Crippen molar-refractivity contribution in [2.45, 2.75) is 6.67 Å². The number of nitrogens with one attached hydrogen (secondary N) is 2. The molecule has 1 fully saturated rings. The Morgan fingerprint density at radius 3 is 2.43 bits per heavy atom. The predicted molar refractivity (Wildman–Crippen MR) is 109 cm³/mol. The van der Waals surface area contributed by atoms with Crippen LogP contribution in [0.4, 0.5) is 11.4 Å². The zero-order valence-electron chi connectivity index (χ0n) is 15.2. The van der Waals surface area contributed by atoms with E-state index in [2.05, 4.69) is 15.0 Å². The van der Waals surface area contributed by atoms with Gasteiger partial charge in [0.1, 0.15) is 0 Å². The lowest BCUT2D eigenvalue weighted by molar-refractivity contribution is -0.924. The second-order valence-electron chi connectivity index (χ2n) is 6.82. The van der Waals surface area contributed by atoms with Crippen molar-refractivity contribution in [1.82, 2.24) is 14.8 Å². The van der Waals surface area contributed by atoms with Crippen molar-refractivity contribution in [3.8, 4) is 11.4 Å². The Kier molecular flexibility index (Phi) is 5.18. The van der Waals surface area contributed by atoms with Gasteiger partial charge in [0.25, 0.3) is 5.69 Å². The summed E-state index contributed by atoms with van der Waals surface area (Å²) >= 11 is 5.42. The van der Waals surface area contributed by atoms with Crippen molar-refractivity contribution in [1.29, 1.82) is 0 Å². The van der Waals surface area contributed by atoms with Gasteiger partial charge in [-0.2, -0.15) is 4.98 Å². The Morgan fingerprint density at radius 1 is 1.11 bits per heavy atom. The largest absolute Gasteiger partial charge is 0.360 e. The highest BCUT2D eigenvalue weighted by Crippen LogP contribution is 2.19. The highest BCUT2D eigenvalue weighted by Gasteiger charge is 2.21. The number of anilines is 1. The number of piperazine rings is 1. The summed E-state index contributed by atoms with van der Waals surface area (Å²) in [6.07, 6.45) is 0. The molecule has 1 aliphatic heterocycles. The number of rotatable bonds is 5. The summed E-state index contributed by atoms with van der Waals surface area (Å²) in [7, 11) is 0. The molecular formula is C19H21N6O2S+. The lowest BCUT2D eigenvalue weighted by atomic mass is 10.2. The van der Waals surface area contributed by atoms with E-state index in [1.807, 2.05) is 47.1 Å². The van der Waals surface area contributed by atoms with E-state index in [1.165, 1.54) is 4.90 Å². The molecule has 0 bridgehead atoms. The number of aromatic nitrogens is 3. The summed E-state index contributed by atoms with van der Waals surface area (Å²) < 4.78 is 2.48. The average Bonchev–Trinajstić information content (AvgIpc) is 3.10. The Balaban J connectivity index is 1.38. The van der Waals surface area contributed by atoms with Gasteiger partial charge < -0.3 is 9.80 Å². The first-order valence-corrected chi connectivity index (χ1v) is 9.56. The summed E-state index contributed by atoms with van der Waals surface area (Å²) in [6, 6.07) is 16.7. The number of quaternary nitrogens is 1. The molecule has 2 N–H and O–H groups in total. The van der Waals surface area contributed by atoms with Gasteiger partial charge in [0.05, 0.1) is 31.1 Å². The van der Waals surface area contributed by atoms with Crippen LogP contribution in [0.5, 0.6) is 0 Å². The van der Waals surface area contributed by atoms with Gasteiger partial charge in [0.2, 0.25) is 4.77 Å². The summed E-state index contributed by atoms with van der Waals surface area (Å²) in [4.78, 5) is 18.6. The van der Waals surface area contributed by atoms with E-state index in [4.69, 9.17) is 12.2 Å². The van der Waals surface area contributed by atoms with Crippen LogP contribution in [-0.2, 0) is 6.67 Å². The van der Waals surface area contributed by atoms with Crippen LogP contribution >= 0.6 is 12.2 Å². The van der Waals surface area contributed by atoms with Crippen LogP contribution in [-0.4, -0.2) is 45.9 Å². The molecule has 2 heterocycles. The van der Waals surface area contributed by atoms with Crippen molar-refractivity contribution in [3.05, 3.63) is 69.5 Å². The standard InChI is InChI=1S/C19H20N6O2S/c26-25(27)17-8-6-16(7-9-17)23-12-10-22(11-13-23)14-24-19(28)20-18(21-24)15-4-2-1-3-5-15/h1-9H,10-14H2,(H,20,21,28)/p+1. The van der Waals surface area contributed by atoms with Gasteiger partial charge in [-0.15, -0.1) is 0 Å². The summed E-state index contributed by atoms with van der Waals surface area (Å²) in [6.45, 7) is 4.43. The molecule has 0 radical (unpaired) electrons. The van der Waals surface area contributed by atoms with Gasteiger partial charge in [-0.1, -0.05) is 30.3 Å². The van der Waals surface area contributed by atoms with Gasteiger partial charge >= 0.3 is 0 Å². The van der Waals surface area contributed by atoms with Crippen molar-refractivity contribution in [3.63, 3.8) is 0 Å². The first kappa shape index (κ1) is 18.3. The fourth-order valence-corrected chi connectivity index (χ4v) is 3.64. The quantitative estimate of drug-likeness (QED) is 0.390. The summed E-state index contributed by atoms with van der Waals surface area (Å²) in [5.41, 5.74) is 2.16. The van der Waals surface area contributed by atoms with Crippen molar-refractivity contribution in [2.24, 2.45) is 0 Å². The van der Waals surface area contributed by atoms with Gasteiger partial charge in [-0.3, -0.25) is 15.2 Å². The van der Waals surface area contributed by atoms with Crippen LogP contribution in [0.2, 0.25) is 0 Å². The number of non-ortho nitro benzene ring substituents is 1. The van der Waals surface area contributed by atoms with Gasteiger partial charge in [0, 0.05) is 23.4 Å². The van der Waals surface area contributed by atoms with Crippen molar-refractivity contribution in [2.75, 3.05) is 31.1 Å². The Bertz CT molecular complexity index is 1010. The van der Waals surface area contributed by atoms with Crippen LogP contribution in [0.1, 0.15) is 0 Å². The molecule has 0 saturated carbocycles. The van der Waals surface area contributed by atoms with E-state index < -0.39 is 0 Å². The molecule has 4 rings (SSSR count). The maximum Gasteiger partial charge on any atom is 0.269 e. The number of nitro benzene ring substituents is 1. The van der Waals surface area contributed by atoms with Gasteiger partial charge in [-0.25, -0.2) is 4.68 Å². The molecule has 1 saturated heterocycles. The first-order valence-electron chi connectivity index (χ1n) is 9.15. The molecule has 0 unspecified atom stereocenters. The smallest absolute Gasteiger partial charge is 0.269 e.